The van der Waals surface area contributed by atoms with Gasteiger partial charge in [0.05, 0.1) is 6.54 Å². The van der Waals surface area contributed by atoms with E-state index in [2.05, 4.69) is 22.0 Å². The third kappa shape index (κ3) is 3.61. The van der Waals surface area contributed by atoms with Crippen molar-refractivity contribution in [3.63, 3.8) is 0 Å². The Labute approximate surface area is 78.8 Å². The van der Waals surface area contributed by atoms with Gasteiger partial charge in [-0.2, -0.15) is 0 Å². The molecule has 1 saturated heterocycles. The number of nitrogens with zero attached hydrogens (tertiary/aromatic N) is 3. The van der Waals surface area contributed by atoms with Gasteiger partial charge in [0.2, 0.25) is 0 Å². The van der Waals surface area contributed by atoms with E-state index in [1.807, 2.05) is 0 Å². The standard InChI is InChI=1S/C8H18N4O/c1-11-3-2-4-12(6-5-11)7-8(9)10-13/h13H,2-7H2,1H3,(H2,9,10). The summed E-state index contributed by atoms with van der Waals surface area (Å²) in [7, 11) is 2.12. The summed E-state index contributed by atoms with van der Waals surface area (Å²) in [5, 5.41) is 11.4. The minimum atomic E-state index is 0.296. The number of likely N-dealkylation sites (N-methyl/N-ethyl adjacent to an activating group) is 1. The van der Waals surface area contributed by atoms with Crippen LogP contribution in [0.3, 0.4) is 0 Å². The number of hydrogen-bond donors (Lipinski definition) is 2. The normalized spacial score (nSPS) is 23.0. The molecule has 76 valence electrons. The highest BCUT2D eigenvalue weighted by molar-refractivity contribution is 5.81. The molecule has 0 amide bonds. The van der Waals surface area contributed by atoms with Crippen LogP contribution in [0.25, 0.3) is 0 Å². The maximum Gasteiger partial charge on any atom is 0.153 e. The van der Waals surface area contributed by atoms with Gasteiger partial charge >= 0.3 is 0 Å². The number of hydrogen-bond acceptors (Lipinski definition) is 4. The molecule has 13 heavy (non-hydrogen) atoms. The summed E-state index contributed by atoms with van der Waals surface area (Å²) in [6, 6.07) is 0. The summed E-state index contributed by atoms with van der Waals surface area (Å²) < 4.78 is 0. The smallest absolute Gasteiger partial charge is 0.153 e. The van der Waals surface area contributed by atoms with Crippen molar-refractivity contribution in [2.75, 3.05) is 39.8 Å². The maximum atomic E-state index is 8.41. The molecule has 0 aliphatic carbocycles. The van der Waals surface area contributed by atoms with Crippen LogP contribution in [-0.4, -0.2) is 60.6 Å². The molecular formula is C8H18N4O. The lowest BCUT2D eigenvalue weighted by atomic mass is 10.4. The molecule has 1 heterocycles. The van der Waals surface area contributed by atoms with Gasteiger partial charge in [0.25, 0.3) is 0 Å². The van der Waals surface area contributed by atoms with Crippen molar-refractivity contribution in [3.05, 3.63) is 0 Å². The first-order valence-electron chi connectivity index (χ1n) is 4.59. The van der Waals surface area contributed by atoms with E-state index in [4.69, 9.17) is 10.9 Å². The van der Waals surface area contributed by atoms with Crippen molar-refractivity contribution in [1.29, 1.82) is 0 Å². The average Bonchev–Trinajstić information content (AvgIpc) is 2.31. The number of nitrogens with two attached hydrogens (primary N) is 1. The number of amidine groups is 1. The van der Waals surface area contributed by atoms with Gasteiger partial charge in [0.1, 0.15) is 0 Å². The SMILES string of the molecule is CN1CCCN(C/C(N)=N/O)CC1. The van der Waals surface area contributed by atoms with Crippen molar-refractivity contribution in [3.8, 4) is 0 Å². The number of rotatable bonds is 2. The van der Waals surface area contributed by atoms with Crippen LogP contribution in [0.2, 0.25) is 0 Å². The van der Waals surface area contributed by atoms with E-state index >= 15 is 0 Å². The van der Waals surface area contributed by atoms with E-state index in [9.17, 15) is 0 Å². The molecule has 0 saturated carbocycles. The van der Waals surface area contributed by atoms with Crippen LogP contribution in [-0.2, 0) is 0 Å². The van der Waals surface area contributed by atoms with E-state index in [1.54, 1.807) is 0 Å². The Balaban J connectivity index is 2.34. The first-order valence-corrected chi connectivity index (χ1v) is 4.59. The molecule has 1 aliphatic rings. The van der Waals surface area contributed by atoms with Gasteiger partial charge in [0, 0.05) is 13.1 Å². The van der Waals surface area contributed by atoms with Crippen LogP contribution >= 0.6 is 0 Å². The minimum absolute atomic E-state index is 0.296. The fourth-order valence-corrected chi connectivity index (χ4v) is 1.52. The molecule has 0 atom stereocenters. The second kappa shape index (κ2) is 5.04. The van der Waals surface area contributed by atoms with Gasteiger partial charge in [-0.1, -0.05) is 5.16 Å². The lowest BCUT2D eigenvalue weighted by Crippen LogP contribution is -2.36. The molecule has 0 radical (unpaired) electrons. The summed E-state index contributed by atoms with van der Waals surface area (Å²) >= 11 is 0. The molecule has 0 aromatic rings. The first kappa shape index (κ1) is 10.3. The average molecular weight is 186 g/mol. The molecular weight excluding hydrogens is 168 g/mol. The molecule has 0 spiro atoms. The zero-order chi connectivity index (χ0) is 9.68. The highest BCUT2D eigenvalue weighted by atomic mass is 16.4. The predicted octanol–water partition coefficient (Wildman–Crippen LogP) is -0.630. The van der Waals surface area contributed by atoms with Crippen LogP contribution in [0.4, 0.5) is 0 Å². The Kier molecular flexibility index (Phi) is 3.98. The summed E-state index contributed by atoms with van der Waals surface area (Å²) in [6.45, 7) is 4.78. The predicted molar refractivity (Wildman–Crippen MR) is 52.0 cm³/mol. The Morgan fingerprint density at radius 1 is 1.38 bits per heavy atom. The topological polar surface area (TPSA) is 65.1 Å². The lowest BCUT2D eigenvalue weighted by Gasteiger charge is -2.18. The van der Waals surface area contributed by atoms with Crippen LogP contribution < -0.4 is 5.73 Å². The van der Waals surface area contributed by atoms with Gasteiger partial charge in [-0.05, 0) is 26.6 Å². The van der Waals surface area contributed by atoms with Crippen molar-refractivity contribution < 1.29 is 5.21 Å². The largest absolute Gasteiger partial charge is 0.409 e. The number of oxime groups is 1. The van der Waals surface area contributed by atoms with Gasteiger partial charge in [-0.3, -0.25) is 4.90 Å². The third-order valence-corrected chi connectivity index (χ3v) is 2.33. The molecule has 1 fully saturated rings. The Bertz CT molecular complexity index is 183. The molecule has 0 bridgehead atoms. The molecule has 0 unspecified atom stereocenters. The van der Waals surface area contributed by atoms with Crippen LogP contribution in [0.15, 0.2) is 5.16 Å². The minimum Gasteiger partial charge on any atom is -0.409 e. The Hall–Kier alpha value is -0.810. The van der Waals surface area contributed by atoms with Crippen LogP contribution in [0, 0.1) is 0 Å². The fourth-order valence-electron chi connectivity index (χ4n) is 1.52. The first-order chi connectivity index (χ1) is 6.22. The van der Waals surface area contributed by atoms with Crippen molar-refractivity contribution >= 4 is 5.84 Å². The summed E-state index contributed by atoms with van der Waals surface area (Å²) in [4.78, 5) is 4.50. The van der Waals surface area contributed by atoms with Gasteiger partial charge in [-0.25, -0.2) is 0 Å². The highest BCUT2D eigenvalue weighted by Gasteiger charge is 2.12. The third-order valence-electron chi connectivity index (χ3n) is 2.33. The van der Waals surface area contributed by atoms with E-state index in [0.29, 0.717) is 12.4 Å². The maximum absolute atomic E-state index is 8.41. The summed E-state index contributed by atoms with van der Waals surface area (Å²) in [5.74, 6) is 0.296. The molecule has 1 rings (SSSR count). The van der Waals surface area contributed by atoms with Crippen molar-refractivity contribution in [2.24, 2.45) is 10.9 Å². The Morgan fingerprint density at radius 3 is 2.85 bits per heavy atom. The van der Waals surface area contributed by atoms with E-state index in [-0.39, 0.29) is 0 Å². The molecule has 0 aromatic carbocycles. The molecule has 1 aliphatic heterocycles. The van der Waals surface area contributed by atoms with Gasteiger partial charge in [-0.15, -0.1) is 0 Å². The van der Waals surface area contributed by atoms with Gasteiger partial charge < -0.3 is 15.8 Å². The molecule has 0 aromatic heterocycles. The highest BCUT2D eigenvalue weighted by Crippen LogP contribution is 1.99. The summed E-state index contributed by atoms with van der Waals surface area (Å²) in [5.41, 5.74) is 5.43. The zero-order valence-electron chi connectivity index (χ0n) is 8.11. The fraction of sp³-hybridized carbons (Fsp3) is 0.875. The summed E-state index contributed by atoms with van der Waals surface area (Å²) in [6.07, 6.45) is 1.15. The van der Waals surface area contributed by atoms with E-state index < -0.39 is 0 Å². The Morgan fingerprint density at radius 2 is 2.15 bits per heavy atom. The quantitative estimate of drug-likeness (QED) is 0.261. The van der Waals surface area contributed by atoms with Crippen LogP contribution in [0.5, 0.6) is 0 Å². The monoisotopic (exact) mass is 186 g/mol. The van der Waals surface area contributed by atoms with Crippen molar-refractivity contribution in [2.45, 2.75) is 6.42 Å². The van der Waals surface area contributed by atoms with Gasteiger partial charge in [0.15, 0.2) is 5.84 Å². The van der Waals surface area contributed by atoms with Crippen molar-refractivity contribution in [1.82, 2.24) is 9.80 Å². The second-order valence-electron chi connectivity index (χ2n) is 3.52. The van der Waals surface area contributed by atoms with E-state index in [0.717, 1.165) is 32.6 Å². The lowest BCUT2D eigenvalue weighted by molar-refractivity contribution is 0.291. The second-order valence-corrected chi connectivity index (χ2v) is 3.52. The molecule has 3 N–H and O–H groups in total. The van der Waals surface area contributed by atoms with Crippen LogP contribution in [0.1, 0.15) is 6.42 Å². The molecule has 5 heteroatoms. The molecule has 5 nitrogen and oxygen atoms in total. The van der Waals surface area contributed by atoms with E-state index in [1.165, 1.54) is 0 Å². The zero-order valence-corrected chi connectivity index (χ0v) is 8.11.